The van der Waals surface area contributed by atoms with Gasteiger partial charge in [0.1, 0.15) is 11.6 Å². The number of carbonyl (C=O) groups excluding carboxylic acids is 1. The Morgan fingerprint density at radius 2 is 1.97 bits per heavy atom. The molecule has 1 fully saturated rings. The average Bonchev–Trinajstić information content (AvgIpc) is 3.31. The maximum atomic E-state index is 12.1. The van der Waals surface area contributed by atoms with Crippen molar-refractivity contribution in [2.75, 3.05) is 55.7 Å². The van der Waals surface area contributed by atoms with Crippen LogP contribution in [0.3, 0.4) is 0 Å². The fourth-order valence-corrected chi connectivity index (χ4v) is 5.05. The number of nitriles is 1. The largest absolute Gasteiger partial charge is 0.493 e. The molecule has 0 saturated carbocycles. The number of benzene rings is 2. The third kappa shape index (κ3) is 5.20. The second kappa shape index (κ2) is 10.3. The van der Waals surface area contributed by atoms with Crippen molar-refractivity contribution in [3.63, 3.8) is 0 Å². The molecule has 182 valence electrons. The lowest BCUT2D eigenvalue weighted by molar-refractivity contribution is 0.249. The minimum atomic E-state index is -0.471. The summed E-state index contributed by atoms with van der Waals surface area (Å²) in [6.07, 6.45) is 4.07. The number of nitrogens with zero attached hydrogens (tertiary/aromatic N) is 4. The highest BCUT2D eigenvalue weighted by molar-refractivity contribution is 5.94. The van der Waals surface area contributed by atoms with Crippen LogP contribution in [0.25, 0.3) is 10.9 Å². The van der Waals surface area contributed by atoms with Crippen LogP contribution in [-0.2, 0) is 6.42 Å². The van der Waals surface area contributed by atoms with Gasteiger partial charge in [0.15, 0.2) is 0 Å². The number of unbranched alkanes of at least 4 members (excludes halogenated alkanes) is 1. The monoisotopic (exact) mass is 472 g/mol. The van der Waals surface area contributed by atoms with E-state index >= 15 is 0 Å². The summed E-state index contributed by atoms with van der Waals surface area (Å²) in [5.74, 6) is 1.72. The summed E-state index contributed by atoms with van der Waals surface area (Å²) in [7, 11) is 0. The first-order chi connectivity index (χ1) is 17.1. The van der Waals surface area contributed by atoms with Crippen molar-refractivity contribution >= 4 is 28.4 Å². The summed E-state index contributed by atoms with van der Waals surface area (Å²) in [4.78, 5) is 21.9. The number of nitrogens with one attached hydrogen (secondary N) is 1. The molecule has 3 heterocycles. The van der Waals surface area contributed by atoms with Crippen LogP contribution in [0.1, 0.15) is 30.4 Å². The number of primary amides is 1. The molecule has 3 aromatic rings. The van der Waals surface area contributed by atoms with Crippen LogP contribution in [0.2, 0.25) is 0 Å². The summed E-state index contributed by atoms with van der Waals surface area (Å²) >= 11 is 0. The normalized spacial score (nSPS) is 15.9. The van der Waals surface area contributed by atoms with E-state index in [0.717, 1.165) is 81.7 Å². The number of rotatable bonds is 7. The molecule has 2 aliphatic rings. The zero-order valence-corrected chi connectivity index (χ0v) is 20.0. The topological polar surface area (TPSA) is 102 Å². The van der Waals surface area contributed by atoms with E-state index in [4.69, 9.17) is 15.7 Å². The van der Waals surface area contributed by atoms with Gasteiger partial charge >= 0.3 is 6.03 Å². The first kappa shape index (κ1) is 23.1. The number of urea groups is 1. The van der Waals surface area contributed by atoms with Gasteiger partial charge in [-0.2, -0.15) is 5.26 Å². The molecule has 0 spiro atoms. The van der Waals surface area contributed by atoms with Gasteiger partial charge in [0.25, 0.3) is 0 Å². The van der Waals surface area contributed by atoms with Gasteiger partial charge < -0.3 is 20.4 Å². The predicted molar refractivity (Wildman–Crippen MR) is 138 cm³/mol. The molecule has 8 heteroatoms. The molecular weight excluding hydrogens is 440 g/mol. The molecule has 8 nitrogen and oxygen atoms in total. The number of hydrogen-bond acceptors (Lipinski definition) is 5. The molecule has 2 aliphatic heterocycles. The van der Waals surface area contributed by atoms with E-state index in [2.05, 4.69) is 39.1 Å². The Morgan fingerprint density at radius 1 is 1.11 bits per heavy atom. The Hall–Kier alpha value is -3.70. The lowest BCUT2D eigenvalue weighted by atomic mass is 10.0. The summed E-state index contributed by atoms with van der Waals surface area (Å²) in [5.41, 5.74) is 9.71. The highest BCUT2D eigenvalue weighted by Gasteiger charge is 2.20. The Balaban J connectivity index is 1.10. The SMILES string of the molecule is N#Cc1ccc2cc(N(CCCCN3CCN(c4ccc5c(c4)CCCO5)CC3)C(N)=O)[nH]c2c1. The number of amides is 2. The zero-order valence-electron chi connectivity index (χ0n) is 20.0. The highest BCUT2D eigenvalue weighted by Crippen LogP contribution is 2.29. The maximum Gasteiger partial charge on any atom is 0.320 e. The molecule has 1 saturated heterocycles. The number of aromatic nitrogens is 1. The number of aromatic amines is 1. The molecule has 5 rings (SSSR count). The Labute approximate surface area is 205 Å². The molecule has 35 heavy (non-hydrogen) atoms. The van der Waals surface area contributed by atoms with Gasteiger partial charge in [0, 0.05) is 49.3 Å². The van der Waals surface area contributed by atoms with Crippen molar-refractivity contribution in [2.45, 2.75) is 25.7 Å². The van der Waals surface area contributed by atoms with Crippen molar-refractivity contribution in [3.05, 3.63) is 53.6 Å². The summed E-state index contributed by atoms with van der Waals surface area (Å²) < 4.78 is 5.75. The van der Waals surface area contributed by atoms with E-state index in [9.17, 15) is 4.79 Å². The summed E-state index contributed by atoms with van der Waals surface area (Å²) in [6, 6.07) is 15.6. The third-order valence-corrected chi connectivity index (χ3v) is 7.03. The number of hydrogen-bond donors (Lipinski definition) is 2. The standard InChI is InChI=1S/C27H32N6O2/c28-19-20-5-6-21-18-26(30-24(21)16-20)33(27(29)34)10-2-1-9-31-11-13-32(14-12-31)23-7-8-25-22(17-23)4-3-15-35-25/h5-8,16-18,30H,1-4,9-15H2,(H2,29,34). The fourth-order valence-electron chi connectivity index (χ4n) is 5.05. The van der Waals surface area contributed by atoms with Crippen LogP contribution in [-0.4, -0.2) is 61.8 Å². The van der Waals surface area contributed by atoms with Gasteiger partial charge in [0.05, 0.1) is 18.2 Å². The van der Waals surface area contributed by atoms with Crippen molar-refractivity contribution in [3.8, 4) is 11.8 Å². The van der Waals surface area contributed by atoms with Crippen molar-refractivity contribution < 1.29 is 9.53 Å². The smallest absolute Gasteiger partial charge is 0.320 e. The number of ether oxygens (including phenoxy) is 1. The average molecular weight is 473 g/mol. The molecule has 0 unspecified atom stereocenters. The van der Waals surface area contributed by atoms with Crippen LogP contribution in [0, 0.1) is 11.3 Å². The fraction of sp³-hybridized carbons (Fsp3) is 0.407. The van der Waals surface area contributed by atoms with E-state index in [-0.39, 0.29) is 0 Å². The molecular formula is C27H32N6O2. The van der Waals surface area contributed by atoms with Gasteiger partial charge in [-0.1, -0.05) is 6.07 Å². The minimum absolute atomic E-state index is 0.471. The van der Waals surface area contributed by atoms with E-state index in [1.165, 1.54) is 11.3 Å². The minimum Gasteiger partial charge on any atom is -0.493 e. The molecule has 2 aromatic carbocycles. The van der Waals surface area contributed by atoms with Crippen molar-refractivity contribution in [1.29, 1.82) is 5.26 Å². The van der Waals surface area contributed by atoms with Gasteiger partial charge in [-0.3, -0.25) is 9.80 Å². The maximum absolute atomic E-state index is 12.1. The number of nitrogens with two attached hydrogens (primary N) is 1. The quantitative estimate of drug-likeness (QED) is 0.509. The third-order valence-electron chi connectivity index (χ3n) is 7.03. The molecule has 0 atom stereocenters. The van der Waals surface area contributed by atoms with E-state index in [1.54, 1.807) is 17.0 Å². The summed E-state index contributed by atoms with van der Waals surface area (Å²) in [6.45, 7) is 6.51. The lowest BCUT2D eigenvalue weighted by Gasteiger charge is -2.36. The summed E-state index contributed by atoms with van der Waals surface area (Å²) in [5, 5.41) is 10.1. The van der Waals surface area contributed by atoms with E-state index in [0.29, 0.717) is 17.9 Å². The number of carbonyl (C=O) groups is 1. The molecule has 0 radical (unpaired) electrons. The molecule has 1 aromatic heterocycles. The van der Waals surface area contributed by atoms with Gasteiger partial charge in [-0.25, -0.2) is 4.79 Å². The second-order valence-electron chi connectivity index (χ2n) is 9.34. The highest BCUT2D eigenvalue weighted by atomic mass is 16.5. The van der Waals surface area contributed by atoms with E-state index in [1.807, 2.05) is 12.1 Å². The first-order valence-electron chi connectivity index (χ1n) is 12.4. The Bertz CT molecular complexity index is 1240. The van der Waals surface area contributed by atoms with Gasteiger partial charge in [-0.05, 0) is 74.2 Å². The van der Waals surface area contributed by atoms with Crippen LogP contribution >= 0.6 is 0 Å². The van der Waals surface area contributed by atoms with E-state index < -0.39 is 6.03 Å². The predicted octanol–water partition coefficient (Wildman–Crippen LogP) is 3.85. The molecule has 3 N–H and O–H groups in total. The molecule has 0 aliphatic carbocycles. The van der Waals surface area contributed by atoms with Gasteiger partial charge in [0.2, 0.25) is 0 Å². The van der Waals surface area contributed by atoms with Crippen LogP contribution in [0.15, 0.2) is 42.5 Å². The lowest BCUT2D eigenvalue weighted by Crippen LogP contribution is -2.46. The first-order valence-corrected chi connectivity index (χ1v) is 12.4. The second-order valence-corrected chi connectivity index (χ2v) is 9.34. The van der Waals surface area contributed by atoms with Crippen LogP contribution in [0.4, 0.5) is 16.3 Å². The number of aryl methyl sites for hydroxylation is 1. The van der Waals surface area contributed by atoms with Crippen molar-refractivity contribution in [2.24, 2.45) is 5.73 Å². The van der Waals surface area contributed by atoms with Crippen LogP contribution < -0.4 is 20.3 Å². The Kier molecular flexibility index (Phi) is 6.77. The Morgan fingerprint density at radius 3 is 2.77 bits per heavy atom. The van der Waals surface area contributed by atoms with Gasteiger partial charge in [-0.15, -0.1) is 0 Å². The number of anilines is 2. The number of piperazine rings is 1. The van der Waals surface area contributed by atoms with Crippen LogP contribution in [0.5, 0.6) is 5.75 Å². The van der Waals surface area contributed by atoms with Crippen molar-refractivity contribution in [1.82, 2.24) is 9.88 Å². The molecule has 2 amide bonds. The molecule has 0 bridgehead atoms. The number of H-pyrrole nitrogens is 1. The zero-order chi connectivity index (χ0) is 24.2. The number of fused-ring (bicyclic) bond motifs is 2.